The molecule has 1 aliphatic heterocycles. The van der Waals surface area contributed by atoms with Gasteiger partial charge in [-0.25, -0.2) is 0 Å². The van der Waals surface area contributed by atoms with Crippen LogP contribution < -0.4 is 0 Å². The third kappa shape index (κ3) is 1.37. The third-order valence-electron chi connectivity index (χ3n) is 2.50. The van der Waals surface area contributed by atoms with Crippen LogP contribution in [0.3, 0.4) is 0 Å². The van der Waals surface area contributed by atoms with Crippen LogP contribution in [0.15, 0.2) is 18.2 Å². The number of carbonyl (C=O) groups is 3. The van der Waals surface area contributed by atoms with Crippen LogP contribution in [0.25, 0.3) is 0 Å². The first-order valence-electron chi connectivity index (χ1n) is 4.70. The highest BCUT2D eigenvalue weighted by Gasteiger charge is 2.37. The Morgan fingerprint density at radius 3 is 2.56 bits per heavy atom. The molecule has 82 valence electrons. The number of carboxylic acids is 1. The molecule has 0 spiro atoms. The van der Waals surface area contributed by atoms with Crippen LogP contribution >= 0.6 is 0 Å². The van der Waals surface area contributed by atoms with Crippen LogP contribution in [0.2, 0.25) is 0 Å². The summed E-state index contributed by atoms with van der Waals surface area (Å²) in [6.07, 6.45) is 0. The number of fused-ring (bicyclic) bond motifs is 1. The maximum absolute atomic E-state index is 11.8. The summed E-state index contributed by atoms with van der Waals surface area (Å²) in [6, 6.07) is 4.92. The van der Waals surface area contributed by atoms with Crippen LogP contribution in [0.1, 0.15) is 26.3 Å². The van der Waals surface area contributed by atoms with Gasteiger partial charge in [-0.3, -0.25) is 19.3 Å². The van der Waals surface area contributed by atoms with Gasteiger partial charge in [0.2, 0.25) is 0 Å². The standard InChI is InChI=1S/C11H9NO4/c1-6-3-2-4-7-9(6)11(16)12(10(7)15)5-8(13)14/h2-4H,5H2,1H3,(H,13,14). The molecule has 0 aliphatic carbocycles. The van der Waals surface area contributed by atoms with Crippen molar-refractivity contribution in [3.8, 4) is 0 Å². The van der Waals surface area contributed by atoms with Crippen molar-refractivity contribution in [3.63, 3.8) is 0 Å². The van der Waals surface area contributed by atoms with Gasteiger partial charge in [-0.15, -0.1) is 0 Å². The molecule has 1 aromatic rings. The minimum absolute atomic E-state index is 0.284. The van der Waals surface area contributed by atoms with E-state index in [4.69, 9.17) is 5.11 Å². The lowest BCUT2D eigenvalue weighted by Gasteiger charge is -2.09. The number of rotatable bonds is 2. The van der Waals surface area contributed by atoms with Crippen molar-refractivity contribution in [2.75, 3.05) is 6.54 Å². The number of aliphatic carboxylic acids is 1. The van der Waals surface area contributed by atoms with E-state index in [9.17, 15) is 14.4 Å². The molecule has 1 heterocycles. The van der Waals surface area contributed by atoms with Crippen LogP contribution in [0.5, 0.6) is 0 Å². The van der Waals surface area contributed by atoms with Gasteiger partial charge in [0, 0.05) is 0 Å². The molecule has 5 nitrogen and oxygen atoms in total. The van der Waals surface area contributed by atoms with E-state index in [-0.39, 0.29) is 5.56 Å². The van der Waals surface area contributed by atoms with E-state index in [1.54, 1.807) is 19.1 Å². The van der Waals surface area contributed by atoms with Gasteiger partial charge in [0.05, 0.1) is 11.1 Å². The number of hydrogen-bond acceptors (Lipinski definition) is 3. The van der Waals surface area contributed by atoms with Crippen LogP contribution in [-0.2, 0) is 4.79 Å². The Bertz CT molecular complexity index is 507. The maximum atomic E-state index is 11.8. The summed E-state index contributed by atoms with van der Waals surface area (Å²) in [7, 11) is 0. The molecule has 5 heteroatoms. The van der Waals surface area contributed by atoms with Crippen molar-refractivity contribution in [2.45, 2.75) is 6.92 Å². The summed E-state index contributed by atoms with van der Waals surface area (Å²) in [6.45, 7) is 1.13. The summed E-state index contributed by atoms with van der Waals surface area (Å²) in [4.78, 5) is 34.8. The van der Waals surface area contributed by atoms with E-state index in [1.165, 1.54) is 6.07 Å². The Morgan fingerprint density at radius 2 is 2.00 bits per heavy atom. The van der Waals surface area contributed by atoms with Gasteiger partial charge in [-0.1, -0.05) is 12.1 Å². The van der Waals surface area contributed by atoms with Crippen LogP contribution in [0, 0.1) is 6.92 Å². The molecule has 0 fully saturated rings. The second kappa shape index (κ2) is 3.44. The highest BCUT2D eigenvalue weighted by atomic mass is 16.4. The van der Waals surface area contributed by atoms with E-state index in [0.29, 0.717) is 11.1 Å². The molecule has 0 unspecified atom stereocenters. The fraction of sp³-hybridized carbons (Fsp3) is 0.182. The van der Waals surface area contributed by atoms with E-state index < -0.39 is 24.3 Å². The Morgan fingerprint density at radius 1 is 1.31 bits per heavy atom. The minimum atomic E-state index is -1.20. The second-order valence-corrected chi connectivity index (χ2v) is 3.59. The molecule has 0 aromatic heterocycles. The lowest BCUT2D eigenvalue weighted by molar-refractivity contribution is -0.137. The first-order valence-corrected chi connectivity index (χ1v) is 4.70. The molecule has 2 rings (SSSR count). The van der Waals surface area contributed by atoms with Gasteiger partial charge < -0.3 is 5.11 Å². The number of hydrogen-bond donors (Lipinski definition) is 1. The first kappa shape index (κ1) is 10.4. The van der Waals surface area contributed by atoms with Gasteiger partial charge in [0.25, 0.3) is 11.8 Å². The lowest BCUT2D eigenvalue weighted by Crippen LogP contribution is -2.34. The van der Waals surface area contributed by atoms with Crippen molar-refractivity contribution < 1.29 is 19.5 Å². The van der Waals surface area contributed by atoms with E-state index in [1.807, 2.05) is 0 Å². The summed E-state index contributed by atoms with van der Waals surface area (Å²) in [5.74, 6) is -2.27. The van der Waals surface area contributed by atoms with Gasteiger partial charge >= 0.3 is 5.97 Å². The minimum Gasteiger partial charge on any atom is -0.480 e. The monoisotopic (exact) mass is 219 g/mol. The van der Waals surface area contributed by atoms with Crippen molar-refractivity contribution in [1.29, 1.82) is 0 Å². The molecular weight excluding hydrogens is 210 g/mol. The van der Waals surface area contributed by atoms with Crippen LogP contribution in [0.4, 0.5) is 0 Å². The molecule has 0 atom stereocenters. The zero-order valence-electron chi connectivity index (χ0n) is 8.56. The predicted octanol–water partition coefficient (Wildman–Crippen LogP) is 0.676. The molecule has 0 saturated carbocycles. The Hall–Kier alpha value is -2.17. The van der Waals surface area contributed by atoms with Crippen molar-refractivity contribution in [1.82, 2.24) is 4.90 Å². The maximum Gasteiger partial charge on any atom is 0.323 e. The first-order chi connectivity index (χ1) is 7.52. The van der Waals surface area contributed by atoms with Gasteiger partial charge in [-0.05, 0) is 18.6 Å². The average molecular weight is 219 g/mol. The number of nitrogens with zero attached hydrogens (tertiary/aromatic N) is 1. The van der Waals surface area contributed by atoms with E-state index in [2.05, 4.69) is 0 Å². The smallest absolute Gasteiger partial charge is 0.323 e. The second-order valence-electron chi connectivity index (χ2n) is 3.59. The number of carboxylic acid groups (broad SMARTS) is 1. The highest BCUT2D eigenvalue weighted by molar-refractivity contribution is 6.22. The summed E-state index contributed by atoms with van der Waals surface area (Å²) >= 11 is 0. The largest absolute Gasteiger partial charge is 0.480 e. The lowest BCUT2D eigenvalue weighted by atomic mass is 10.0. The number of amides is 2. The Labute approximate surface area is 91.3 Å². The fourth-order valence-electron chi connectivity index (χ4n) is 1.78. The quantitative estimate of drug-likeness (QED) is 0.742. The van der Waals surface area contributed by atoms with Gasteiger partial charge in [0.1, 0.15) is 6.54 Å². The van der Waals surface area contributed by atoms with E-state index in [0.717, 1.165) is 4.90 Å². The van der Waals surface area contributed by atoms with E-state index >= 15 is 0 Å². The van der Waals surface area contributed by atoms with Gasteiger partial charge in [0.15, 0.2) is 0 Å². The van der Waals surface area contributed by atoms with Crippen molar-refractivity contribution in [2.24, 2.45) is 0 Å². The summed E-state index contributed by atoms with van der Waals surface area (Å²) < 4.78 is 0. The number of benzene rings is 1. The molecule has 1 aliphatic rings. The molecule has 0 saturated heterocycles. The van der Waals surface area contributed by atoms with Crippen molar-refractivity contribution in [3.05, 3.63) is 34.9 Å². The highest BCUT2D eigenvalue weighted by Crippen LogP contribution is 2.25. The SMILES string of the molecule is Cc1cccc2c1C(=O)N(CC(=O)O)C2=O. The third-order valence-corrected chi connectivity index (χ3v) is 2.50. The van der Waals surface area contributed by atoms with Crippen molar-refractivity contribution >= 4 is 17.8 Å². The zero-order valence-corrected chi connectivity index (χ0v) is 8.56. The molecule has 0 radical (unpaired) electrons. The number of carbonyl (C=O) groups excluding carboxylic acids is 2. The average Bonchev–Trinajstić information content (AvgIpc) is 2.44. The molecule has 16 heavy (non-hydrogen) atoms. The summed E-state index contributed by atoms with van der Waals surface area (Å²) in [5, 5.41) is 8.61. The van der Waals surface area contributed by atoms with Crippen LogP contribution in [-0.4, -0.2) is 34.3 Å². The molecule has 2 amide bonds. The molecular formula is C11H9NO4. The molecule has 0 bridgehead atoms. The number of aryl methyl sites for hydroxylation is 1. The van der Waals surface area contributed by atoms with Gasteiger partial charge in [-0.2, -0.15) is 0 Å². The Balaban J connectivity index is 2.48. The predicted molar refractivity (Wildman–Crippen MR) is 54.2 cm³/mol. The zero-order chi connectivity index (χ0) is 11.9. The molecule has 1 N–H and O–H groups in total. The Kier molecular flexibility index (Phi) is 2.23. The molecule has 1 aromatic carbocycles. The number of imide groups is 1. The summed E-state index contributed by atoms with van der Waals surface area (Å²) in [5.41, 5.74) is 1.28. The fourth-order valence-corrected chi connectivity index (χ4v) is 1.78. The topological polar surface area (TPSA) is 74.7 Å². The normalized spacial score (nSPS) is 14.2.